The molecule has 0 spiro atoms. The Labute approximate surface area is 434 Å². The molecule has 0 N–H and O–H groups in total. The van der Waals surface area contributed by atoms with Crippen LogP contribution in [0.4, 0.5) is 0 Å². The highest BCUT2D eigenvalue weighted by molar-refractivity contribution is 5.71. The van der Waals surface area contributed by atoms with E-state index >= 15 is 0 Å². The SMILES string of the molecule is CC/C=C\C/C=C\C/C=C\C/C=C\C/C=C\C/C=C\CCC(=O)O[C@H](COC(=O)CCC/C=C\C/C=C\C/C=C\C/C=C\C/C=C\CC)COC(=O)CCCCCC/C=C\C/C=C\C/C=C\C/C=C\CC. The summed E-state index contributed by atoms with van der Waals surface area (Å²) in [5.74, 6) is -1.13. The predicted molar refractivity (Wildman–Crippen MR) is 306 cm³/mol. The summed E-state index contributed by atoms with van der Waals surface area (Å²) >= 11 is 0. The van der Waals surface area contributed by atoms with Crippen LogP contribution in [0.15, 0.2) is 182 Å². The van der Waals surface area contributed by atoms with Crippen molar-refractivity contribution in [2.45, 2.75) is 194 Å². The summed E-state index contributed by atoms with van der Waals surface area (Å²) < 4.78 is 16.7. The zero-order valence-electron chi connectivity index (χ0n) is 44.6. The summed E-state index contributed by atoms with van der Waals surface area (Å²) in [6.45, 7) is 6.13. The zero-order chi connectivity index (χ0) is 51.4. The summed E-state index contributed by atoms with van der Waals surface area (Å²) in [5.41, 5.74) is 0. The number of allylic oxidation sites excluding steroid dienone is 30. The van der Waals surface area contributed by atoms with Gasteiger partial charge in [0.25, 0.3) is 0 Å². The molecule has 0 aliphatic rings. The fraction of sp³-hybridized carbons (Fsp3) is 0.492. The highest BCUT2D eigenvalue weighted by Gasteiger charge is 2.19. The van der Waals surface area contributed by atoms with Gasteiger partial charge in [-0.25, -0.2) is 0 Å². The quantitative estimate of drug-likeness (QED) is 0.0262. The first-order valence-electron chi connectivity index (χ1n) is 27.3. The van der Waals surface area contributed by atoms with Gasteiger partial charge in [-0.1, -0.05) is 216 Å². The second-order valence-corrected chi connectivity index (χ2v) is 17.0. The number of unbranched alkanes of at least 4 members (excludes halogenated alkanes) is 5. The lowest BCUT2D eigenvalue weighted by Crippen LogP contribution is -2.30. The van der Waals surface area contributed by atoms with Crippen LogP contribution in [0.3, 0.4) is 0 Å². The fourth-order valence-corrected chi connectivity index (χ4v) is 6.43. The second kappa shape index (κ2) is 57.1. The van der Waals surface area contributed by atoms with Crippen molar-refractivity contribution in [2.24, 2.45) is 0 Å². The van der Waals surface area contributed by atoms with Crippen LogP contribution in [0.25, 0.3) is 0 Å². The van der Waals surface area contributed by atoms with Gasteiger partial charge in [-0.05, 0) is 135 Å². The number of hydrogen-bond donors (Lipinski definition) is 0. The molecule has 0 bridgehead atoms. The maximum absolute atomic E-state index is 12.8. The molecular formula is C65H96O6. The first kappa shape index (κ1) is 65.5. The summed E-state index contributed by atoms with van der Waals surface area (Å²) in [4.78, 5) is 38.1. The van der Waals surface area contributed by atoms with Gasteiger partial charge in [-0.3, -0.25) is 14.4 Å². The van der Waals surface area contributed by atoms with Crippen LogP contribution < -0.4 is 0 Å². The largest absolute Gasteiger partial charge is 0.462 e. The van der Waals surface area contributed by atoms with E-state index in [0.29, 0.717) is 19.3 Å². The molecule has 0 aliphatic carbocycles. The highest BCUT2D eigenvalue weighted by Crippen LogP contribution is 2.10. The smallest absolute Gasteiger partial charge is 0.306 e. The minimum absolute atomic E-state index is 0.149. The summed E-state index contributed by atoms with van der Waals surface area (Å²) in [6.07, 6.45) is 86.1. The van der Waals surface area contributed by atoms with E-state index in [1.807, 2.05) is 12.2 Å². The standard InChI is InChI=1S/C65H96O6/c1-4-7-10-13-16-19-22-25-28-31-32-35-38-41-44-47-50-53-56-59-65(68)71-62(60-69-63(66)57-54-51-48-45-42-39-36-33-29-26-23-20-17-14-11-8-5-2)61-70-64(67)58-55-52-49-46-43-40-37-34-30-27-24-21-18-15-12-9-6-3/h7-12,16-21,25-30,32,35-37,39-41,44-45,48,50,53,62H,4-6,13-15,22-24,31,33-34,38,42-43,46-47,49,51-52,54-61H2,1-3H3/b10-7-,11-8-,12-9-,19-16-,20-17-,21-18-,28-25-,29-26-,30-27-,35-32-,39-36-,40-37-,44-41-,48-45-,53-50-/t62-/m1/s1. The minimum atomic E-state index is -0.863. The lowest BCUT2D eigenvalue weighted by molar-refractivity contribution is -0.166. The number of carbonyl (C=O) groups is 3. The molecule has 1 atom stereocenters. The van der Waals surface area contributed by atoms with Crippen molar-refractivity contribution < 1.29 is 28.6 Å². The number of carbonyl (C=O) groups excluding carboxylic acids is 3. The lowest BCUT2D eigenvalue weighted by Gasteiger charge is -2.18. The lowest BCUT2D eigenvalue weighted by atomic mass is 10.1. The van der Waals surface area contributed by atoms with Crippen LogP contribution in [-0.4, -0.2) is 37.2 Å². The third-order valence-corrected chi connectivity index (χ3v) is 10.4. The van der Waals surface area contributed by atoms with Crippen molar-refractivity contribution in [3.05, 3.63) is 182 Å². The molecule has 6 nitrogen and oxygen atoms in total. The van der Waals surface area contributed by atoms with E-state index in [2.05, 4.69) is 191 Å². The number of esters is 3. The van der Waals surface area contributed by atoms with Gasteiger partial charge in [0.05, 0.1) is 0 Å². The van der Waals surface area contributed by atoms with Crippen molar-refractivity contribution in [1.82, 2.24) is 0 Å². The molecule has 0 saturated heterocycles. The minimum Gasteiger partial charge on any atom is -0.462 e. The van der Waals surface area contributed by atoms with Gasteiger partial charge in [-0.2, -0.15) is 0 Å². The van der Waals surface area contributed by atoms with Crippen LogP contribution in [0.5, 0.6) is 0 Å². The molecule has 392 valence electrons. The van der Waals surface area contributed by atoms with E-state index in [-0.39, 0.29) is 38.0 Å². The normalized spacial score (nSPS) is 13.6. The van der Waals surface area contributed by atoms with E-state index in [9.17, 15) is 14.4 Å². The maximum atomic E-state index is 12.8. The molecule has 0 fully saturated rings. The van der Waals surface area contributed by atoms with Gasteiger partial charge in [0, 0.05) is 19.3 Å². The van der Waals surface area contributed by atoms with Crippen molar-refractivity contribution >= 4 is 17.9 Å². The number of hydrogen-bond acceptors (Lipinski definition) is 6. The van der Waals surface area contributed by atoms with Gasteiger partial charge >= 0.3 is 17.9 Å². The van der Waals surface area contributed by atoms with Crippen LogP contribution in [0.2, 0.25) is 0 Å². The number of rotatable bonds is 46. The molecule has 0 aromatic carbocycles. The first-order chi connectivity index (χ1) is 35.0. The van der Waals surface area contributed by atoms with E-state index < -0.39 is 12.1 Å². The molecule has 0 unspecified atom stereocenters. The van der Waals surface area contributed by atoms with Gasteiger partial charge in [0.15, 0.2) is 6.10 Å². The molecule has 0 aromatic rings. The second-order valence-electron chi connectivity index (χ2n) is 17.0. The molecule has 0 rings (SSSR count). The van der Waals surface area contributed by atoms with Gasteiger partial charge < -0.3 is 14.2 Å². The van der Waals surface area contributed by atoms with Crippen molar-refractivity contribution in [2.75, 3.05) is 13.2 Å². The van der Waals surface area contributed by atoms with Crippen molar-refractivity contribution in [3.63, 3.8) is 0 Å². The van der Waals surface area contributed by atoms with E-state index in [0.717, 1.165) is 135 Å². The predicted octanol–water partition coefficient (Wildman–Crippen LogP) is 18.5. The highest BCUT2D eigenvalue weighted by atomic mass is 16.6. The molecule has 0 aliphatic heterocycles. The molecule has 6 heteroatoms. The maximum Gasteiger partial charge on any atom is 0.306 e. The summed E-state index contributed by atoms with van der Waals surface area (Å²) in [6, 6.07) is 0. The van der Waals surface area contributed by atoms with Gasteiger partial charge in [0.2, 0.25) is 0 Å². The molecule has 0 heterocycles. The summed E-state index contributed by atoms with van der Waals surface area (Å²) in [5, 5.41) is 0. The van der Waals surface area contributed by atoms with Crippen LogP contribution in [0.1, 0.15) is 188 Å². The Morgan fingerprint density at radius 1 is 0.282 bits per heavy atom. The molecule has 71 heavy (non-hydrogen) atoms. The molecule has 0 amide bonds. The van der Waals surface area contributed by atoms with E-state index in [1.165, 1.54) is 0 Å². The Morgan fingerprint density at radius 3 is 0.887 bits per heavy atom. The molecule has 0 radical (unpaired) electrons. The average molecular weight is 973 g/mol. The van der Waals surface area contributed by atoms with Crippen LogP contribution in [0, 0.1) is 0 Å². The number of ether oxygens (including phenoxy) is 3. The Morgan fingerprint density at radius 2 is 0.549 bits per heavy atom. The topological polar surface area (TPSA) is 78.9 Å². The summed E-state index contributed by atoms with van der Waals surface area (Å²) in [7, 11) is 0. The van der Waals surface area contributed by atoms with Crippen molar-refractivity contribution in [3.8, 4) is 0 Å². The van der Waals surface area contributed by atoms with Crippen molar-refractivity contribution in [1.29, 1.82) is 0 Å². The third-order valence-electron chi connectivity index (χ3n) is 10.4. The fourth-order valence-electron chi connectivity index (χ4n) is 6.43. The Kier molecular flexibility index (Phi) is 52.7. The monoisotopic (exact) mass is 973 g/mol. The molecule has 0 aromatic heterocycles. The molecule has 0 saturated carbocycles. The van der Waals surface area contributed by atoms with Crippen LogP contribution in [-0.2, 0) is 28.6 Å². The average Bonchev–Trinajstić information content (AvgIpc) is 3.37. The van der Waals surface area contributed by atoms with Gasteiger partial charge in [-0.15, -0.1) is 0 Å². The Balaban J connectivity index is 4.69. The first-order valence-corrected chi connectivity index (χ1v) is 27.3. The van der Waals surface area contributed by atoms with Crippen LogP contribution >= 0.6 is 0 Å². The zero-order valence-corrected chi connectivity index (χ0v) is 44.6. The Hall–Kier alpha value is -5.49. The Bertz CT molecular complexity index is 1730. The van der Waals surface area contributed by atoms with E-state index in [1.54, 1.807) is 0 Å². The van der Waals surface area contributed by atoms with Gasteiger partial charge in [0.1, 0.15) is 13.2 Å². The third kappa shape index (κ3) is 55.3. The molecular weight excluding hydrogens is 877 g/mol. The van der Waals surface area contributed by atoms with E-state index in [4.69, 9.17) is 14.2 Å².